The van der Waals surface area contributed by atoms with Crippen LogP contribution in [0.1, 0.15) is 15.9 Å². The smallest absolute Gasteiger partial charge is 0.271 e. The zero-order valence-electron chi connectivity index (χ0n) is 15.6. The van der Waals surface area contributed by atoms with Gasteiger partial charge in [-0.05, 0) is 60.2 Å². The molecule has 3 aromatic carbocycles. The van der Waals surface area contributed by atoms with Gasteiger partial charge >= 0.3 is 0 Å². The fraction of sp³-hybridized carbons (Fsp3) is 0.0455. The van der Waals surface area contributed by atoms with E-state index in [1.165, 1.54) is 30.5 Å². The molecule has 0 atom stereocenters. The Hall–Kier alpha value is -3.71. The Bertz CT molecular complexity index is 1060. The van der Waals surface area contributed by atoms with Crippen LogP contribution in [0.25, 0.3) is 0 Å². The van der Waals surface area contributed by atoms with Crippen LogP contribution in [0.4, 0.5) is 10.1 Å². The molecule has 0 aromatic heterocycles. The molecule has 3 rings (SSSR count). The number of ether oxygens (including phenoxy) is 1. The van der Waals surface area contributed by atoms with Crippen molar-refractivity contribution in [2.24, 2.45) is 5.10 Å². The summed E-state index contributed by atoms with van der Waals surface area (Å²) in [5.74, 6) is -0.812. The summed E-state index contributed by atoms with van der Waals surface area (Å²) in [5.41, 5.74) is 4.02. The van der Waals surface area contributed by atoms with Gasteiger partial charge in [0.2, 0.25) is 0 Å². The van der Waals surface area contributed by atoms with E-state index in [2.05, 4.69) is 15.8 Å². The van der Waals surface area contributed by atoms with Crippen molar-refractivity contribution in [1.82, 2.24) is 5.43 Å². The van der Waals surface area contributed by atoms with Gasteiger partial charge in [0.05, 0.1) is 11.2 Å². The van der Waals surface area contributed by atoms with Gasteiger partial charge in [-0.25, -0.2) is 9.82 Å². The lowest BCUT2D eigenvalue weighted by Gasteiger charge is -2.09. The zero-order chi connectivity index (χ0) is 21.3. The topological polar surface area (TPSA) is 79.8 Å². The monoisotopic (exact) mass is 425 g/mol. The van der Waals surface area contributed by atoms with Gasteiger partial charge in [-0.1, -0.05) is 29.8 Å². The number of hydrogen-bond acceptors (Lipinski definition) is 4. The first-order chi connectivity index (χ1) is 14.5. The molecule has 0 aliphatic heterocycles. The SMILES string of the molecule is O=C(COc1ccc(/C=N/NC(=O)c2ccccc2)cc1Cl)Nc1ccc(F)cc1. The van der Waals surface area contributed by atoms with Crippen LogP contribution >= 0.6 is 11.6 Å². The Kier molecular flexibility index (Phi) is 7.13. The predicted octanol–water partition coefficient (Wildman–Crippen LogP) is 4.26. The molecule has 2 amide bonds. The maximum Gasteiger partial charge on any atom is 0.271 e. The molecule has 0 saturated heterocycles. The number of carbonyl (C=O) groups excluding carboxylic acids is 2. The number of nitrogens with one attached hydrogen (secondary N) is 2. The van der Waals surface area contributed by atoms with E-state index in [0.717, 1.165) is 0 Å². The largest absolute Gasteiger partial charge is 0.482 e. The normalized spacial score (nSPS) is 10.6. The number of nitrogens with zero attached hydrogens (tertiary/aromatic N) is 1. The first kappa shape index (κ1) is 21.0. The molecule has 0 unspecified atom stereocenters. The summed E-state index contributed by atoms with van der Waals surface area (Å²) in [5, 5.41) is 6.77. The van der Waals surface area contributed by atoms with Crippen molar-refractivity contribution < 1.29 is 18.7 Å². The molecular formula is C22H17ClFN3O3. The maximum atomic E-state index is 12.9. The standard InChI is InChI=1S/C22H17ClFN3O3/c23-19-12-15(13-25-27-22(29)16-4-2-1-3-5-16)6-11-20(19)30-14-21(28)26-18-9-7-17(24)8-10-18/h1-13H,14H2,(H,26,28)(H,27,29)/b25-13+. The first-order valence-electron chi connectivity index (χ1n) is 8.87. The van der Waals surface area contributed by atoms with Crippen LogP contribution in [0.5, 0.6) is 5.75 Å². The van der Waals surface area contributed by atoms with Gasteiger partial charge in [-0.15, -0.1) is 0 Å². The third kappa shape index (κ3) is 6.15. The van der Waals surface area contributed by atoms with Gasteiger partial charge in [-0.3, -0.25) is 9.59 Å². The molecule has 8 heteroatoms. The minimum absolute atomic E-state index is 0.266. The number of carbonyl (C=O) groups is 2. The number of benzene rings is 3. The molecule has 3 aromatic rings. The number of halogens is 2. The van der Waals surface area contributed by atoms with Gasteiger partial charge < -0.3 is 10.1 Å². The van der Waals surface area contributed by atoms with Crippen LogP contribution in [0.15, 0.2) is 77.9 Å². The third-order valence-corrected chi connectivity index (χ3v) is 4.15. The molecule has 30 heavy (non-hydrogen) atoms. The molecule has 0 radical (unpaired) electrons. The highest BCUT2D eigenvalue weighted by molar-refractivity contribution is 6.32. The van der Waals surface area contributed by atoms with E-state index in [-0.39, 0.29) is 23.4 Å². The molecular weight excluding hydrogens is 409 g/mol. The molecule has 6 nitrogen and oxygen atoms in total. The quantitative estimate of drug-likeness (QED) is 0.438. The number of amides is 2. The summed E-state index contributed by atoms with van der Waals surface area (Å²) >= 11 is 6.18. The first-order valence-corrected chi connectivity index (χ1v) is 9.25. The van der Waals surface area contributed by atoms with Crippen LogP contribution in [0, 0.1) is 5.82 Å². The average Bonchev–Trinajstić information content (AvgIpc) is 2.75. The van der Waals surface area contributed by atoms with Crippen molar-refractivity contribution in [2.45, 2.75) is 0 Å². The summed E-state index contributed by atoms with van der Waals surface area (Å²) in [4.78, 5) is 23.9. The molecule has 0 aliphatic rings. The van der Waals surface area contributed by atoms with Crippen LogP contribution < -0.4 is 15.5 Å². The van der Waals surface area contributed by atoms with E-state index in [1.807, 2.05) is 6.07 Å². The van der Waals surface area contributed by atoms with Crippen LogP contribution in [-0.4, -0.2) is 24.6 Å². The lowest BCUT2D eigenvalue weighted by molar-refractivity contribution is -0.118. The van der Waals surface area contributed by atoms with E-state index in [9.17, 15) is 14.0 Å². The molecule has 0 heterocycles. The second-order valence-electron chi connectivity index (χ2n) is 6.10. The Balaban J connectivity index is 1.51. The Labute approximate surface area is 177 Å². The predicted molar refractivity (Wildman–Crippen MR) is 113 cm³/mol. The molecule has 0 fully saturated rings. The van der Waals surface area contributed by atoms with Crippen LogP contribution in [0.2, 0.25) is 5.02 Å². The lowest BCUT2D eigenvalue weighted by atomic mass is 10.2. The molecule has 0 bridgehead atoms. The number of rotatable bonds is 7. The zero-order valence-corrected chi connectivity index (χ0v) is 16.4. The van der Waals surface area contributed by atoms with Gasteiger partial charge in [-0.2, -0.15) is 5.10 Å². The summed E-state index contributed by atoms with van der Waals surface area (Å²) < 4.78 is 18.3. The minimum atomic E-state index is -0.410. The van der Waals surface area contributed by atoms with Crippen molar-refractivity contribution in [3.8, 4) is 5.75 Å². The van der Waals surface area contributed by atoms with Crippen LogP contribution in [-0.2, 0) is 4.79 Å². The molecule has 152 valence electrons. The van der Waals surface area contributed by atoms with E-state index in [1.54, 1.807) is 42.5 Å². The van der Waals surface area contributed by atoms with Gasteiger partial charge in [0.25, 0.3) is 11.8 Å². The van der Waals surface area contributed by atoms with Crippen molar-refractivity contribution in [2.75, 3.05) is 11.9 Å². The maximum absolute atomic E-state index is 12.9. The van der Waals surface area contributed by atoms with Crippen LogP contribution in [0.3, 0.4) is 0 Å². The average molecular weight is 426 g/mol. The summed E-state index contributed by atoms with van der Waals surface area (Å²) in [6.07, 6.45) is 1.44. The summed E-state index contributed by atoms with van der Waals surface area (Å²) in [6.45, 7) is -0.266. The van der Waals surface area contributed by atoms with Crippen molar-refractivity contribution >= 4 is 35.3 Å². The summed E-state index contributed by atoms with van der Waals surface area (Å²) in [6, 6.07) is 19.0. The van der Waals surface area contributed by atoms with Gasteiger partial charge in [0.1, 0.15) is 11.6 Å². The fourth-order valence-corrected chi connectivity index (χ4v) is 2.65. The Morgan fingerprint density at radius 3 is 2.47 bits per heavy atom. The molecule has 0 saturated carbocycles. The summed E-state index contributed by atoms with van der Waals surface area (Å²) in [7, 11) is 0. The Morgan fingerprint density at radius 1 is 1.03 bits per heavy atom. The number of anilines is 1. The highest BCUT2D eigenvalue weighted by atomic mass is 35.5. The molecule has 0 spiro atoms. The van der Waals surface area contributed by atoms with E-state index < -0.39 is 5.91 Å². The number of hydrogen-bond donors (Lipinski definition) is 2. The molecule has 0 aliphatic carbocycles. The van der Waals surface area contributed by atoms with Gasteiger partial charge in [0.15, 0.2) is 6.61 Å². The fourth-order valence-electron chi connectivity index (χ4n) is 2.41. The van der Waals surface area contributed by atoms with E-state index >= 15 is 0 Å². The second kappa shape index (κ2) is 10.2. The third-order valence-electron chi connectivity index (χ3n) is 3.86. The van der Waals surface area contributed by atoms with Crippen molar-refractivity contribution in [1.29, 1.82) is 0 Å². The second-order valence-corrected chi connectivity index (χ2v) is 6.51. The minimum Gasteiger partial charge on any atom is -0.482 e. The van der Waals surface area contributed by atoms with Gasteiger partial charge in [0, 0.05) is 11.3 Å². The van der Waals surface area contributed by atoms with E-state index in [4.69, 9.17) is 16.3 Å². The molecule has 2 N–H and O–H groups in total. The lowest BCUT2D eigenvalue weighted by Crippen LogP contribution is -2.20. The van der Waals surface area contributed by atoms with Crippen molar-refractivity contribution in [3.05, 3.63) is 94.8 Å². The Morgan fingerprint density at radius 2 is 1.77 bits per heavy atom. The van der Waals surface area contributed by atoms with Crippen molar-refractivity contribution in [3.63, 3.8) is 0 Å². The number of hydrazone groups is 1. The highest BCUT2D eigenvalue weighted by Gasteiger charge is 2.08. The van der Waals surface area contributed by atoms with E-state index in [0.29, 0.717) is 22.6 Å². The highest BCUT2D eigenvalue weighted by Crippen LogP contribution is 2.25.